The third-order valence-electron chi connectivity index (χ3n) is 3.75. The lowest BCUT2D eigenvalue weighted by molar-refractivity contribution is 0.0992. The first-order valence-electron chi connectivity index (χ1n) is 7.44. The van der Waals surface area contributed by atoms with Gasteiger partial charge in [-0.2, -0.15) is 0 Å². The number of nitrogens with one attached hydrogen (secondary N) is 1. The SMILES string of the molecule is CCCCCCCC(CCC1CCCO1)NN. The Bertz CT molecular complexity index is 170. The molecule has 0 saturated carbocycles. The van der Waals surface area contributed by atoms with Gasteiger partial charge in [0.15, 0.2) is 0 Å². The fourth-order valence-corrected chi connectivity index (χ4v) is 2.56. The van der Waals surface area contributed by atoms with E-state index in [4.69, 9.17) is 10.6 Å². The molecule has 1 aliphatic heterocycles. The summed E-state index contributed by atoms with van der Waals surface area (Å²) < 4.78 is 5.64. The van der Waals surface area contributed by atoms with Crippen molar-refractivity contribution in [2.45, 2.75) is 83.3 Å². The number of rotatable bonds is 10. The van der Waals surface area contributed by atoms with Crippen LogP contribution >= 0.6 is 0 Å². The van der Waals surface area contributed by atoms with Crippen LogP contribution in [0, 0.1) is 0 Å². The van der Waals surface area contributed by atoms with E-state index < -0.39 is 0 Å². The van der Waals surface area contributed by atoms with E-state index in [0.29, 0.717) is 12.1 Å². The number of hydrogen-bond acceptors (Lipinski definition) is 3. The van der Waals surface area contributed by atoms with Gasteiger partial charge in [-0.15, -0.1) is 0 Å². The molecule has 17 heavy (non-hydrogen) atoms. The minimum Gasteiger partial charge on any atom is -0.378 e. The Hall–Kier alpha value is -0.120. The topological polar surface area (TPSA) is 47.3 Å². The molecule has 1 rings (SSSR count). The van der Waals surface area contributed by atoms with Crippen LogP contribution in [0.5, 0.6) is 0 Å². The van der Waals surface area contributed by atoms with E-state index in [1.807, 2.05) is 0 Å². The van der Waals surface area contributed by atoms with Gasteiger partial charge >= 0.3 is 0 Å². The quantitative estimate of drug-likeness (QED) is 0.351. The zero-order chi connectivity index (χ0) is 12.3. The first-order valence-corrected chi connectivity index (χ1v) is 7.44. The molecular weight excluding hydrogens is 212 g/mol. The minimum absolute atomic E-state index is 0.487. The Morgan fingerprint density at radius 3 is 2.71 bits per heavy atom. The molecule has 1 aliphatic rings. The van der Waals surface area contributed by atoms with Gasteiger partial charge < -0.3 is 4.74 Å². The fraction of sp³-hybridized carbons (Fsp3) is 1.00. The van der Waals surface area contributed by atoms with Crippen molar-refractivity contribution in [3.63, 3.8) is 0 Å². The maximum Gasteiger partial charge on any atom is 0.0576 e. The highest BCUT2D eigenvalue weighted by Crippen LogP contribution is 2.19. The van der Waals surface area contributed by atoms with Crippen LogP contribution in [0.2, 0.25) is 0 Å². The molecule has 1 saturated heterocycles. The van der Waals surface area contributed by atoms with Gasteiger partial charge in [0.05, 0.1) is 6.10 Å². The lowest BCUT2D eigenvalue weighted by Gasteiger charge is -2.17. The van der Waals surface area contributed by atoms with E-state index in [-0.39, 0.29) is 0 Å². The van der Waals surface area contributed by atoms with Crippen molar-refractivity contribution in [1.29, 1.82) is 0 Å². The van der Waals surface area contributed by atoms with Crippen LogP contribution in [-0.4, -0.2) is 18.8 Å². The summed E-state index contributed by atoms with van der Waals surface area (Å²) in [6.07, 6.45) is 13.3. The predicted octanol–water partition coefficient (Wildman–Crippen LogP) is 3.14. The smallest absolute Gasteiger partial charge is 0.0576 e. The first-order chi connectivity index (χ1) is 8.36. The molecule has 0 aromatic carbocycles. The highest BCUT2D eigenvalue weighted by atomic mass is 16.5. The van der Waals surface area contributed by atoms with E-state index in [1.165, 1.54) is 57.8 Å². The Morgan fingerprint density at radius 2 is 2.06 bits per heavy atom. The lowest BCUT2D eigenvalue weighted by Crippen LogP contribution is -2.35. The van der Waals surface area contributed by atoms with Gasteiger partial charge in [0.25, 0.3) is 0 Å². The largest absolute Gasteiger partial charge is 0.378 e. The summed E-state index contributed by atoms with van der Waals surface area (Å²) in [6, 6.07) is 0.487. The normalized spacial score (nSPS) is 21.9. The van der Waals surface area contributed by atoms with Crippen molar-refractivity contribution < 1.29 is 4.74 Å². The molecule has 0 bridgehead atoms. The molecule has 0 spiro atoms. The second-order valence-electron chi connectivity index (χ2n) is 5.28. The van der Waals surface area contributed by atoms with Crippen LogP contribution in [0.4, 0.5) is 0 Å². The average Bonchev–Trinajstić information content (AvgIpc) is 2.86. The van der Waals surface area contributed by atoms with E-state index in [0.717, 1.165) is 13.0 Å². The molecule has 1 fully saturated rings. The van der Waals surface area contributed by atoms with Gasteiger partial charge in [0.1, 0.15) is 0 Å². The van der Waals surface area contributed by atoms with Gasteiger partial charge in [-0.3, -0.25) is 11.3 Å². The molecule has 0 aliphatic carbocycles. The maximum absolute atomic E-state index is 5.64. The highest BCUT2D eigenvalue weighted by molar-refractivity contribution is 4.70. The average molecular weight is 242 g/mol. The van der Waals surface area contributed by atoms with Gasteiger partial charge in [-0.05, 0) is 32.1 Å². The molecule has 0 aromatic heterocycles. The van der Waals surface area contributed by atoms with E-state index in [1.54, 1.807) is 0 Å². The number of hydrogen-bond donors (Lipinski definition) is 2. The van der Waals surface area contributed by atoms with E-state index in [2.05, 4.69) is 12.3 Å². The van der Waals surface area contributed by atoms with Crippen molar-refractivity contribution in [2.24, 2.45) is 5.84 Å². The zero-order valence-electron chi connectivity index (χ0n) is 11.4. The van der Waals surface area contributed by atoms with Gasteiger partial charge in [-0.1, -0.05) is 39.0 Å². The van der Waals surface area contributed by atoms with Crippen LogP contribution < -0.4 is 11.3 Å². The maximum atomic E-state index is 5.64. The van der Waals surface area contributed by atoms with Gasteiger partial charge in [0.2, 0.25) is 0 Å². The summed E-state index contributed by atoms with van der Waals surface area (Å²) in [6.45, 7) is 3.22. The lowest BCUT2D eigenvalue weighted by atomic mass is 10.0. The first kappa shape index (κ1) is 14.9. The minimum atomic E-state index is 0.487. The summed E-state index contributed by atoms with van der Waals surface area (Å²) in [5, 5.41) is 0. The molecule has 2 atom stereocenters. The fourth-order valence-electron chi connectivity index (χ4n) is 2.56. The number of hydrazine groups is 1. The van der Waals surface area contributed by atoms with Crippen molar-refractivity contribution >= 4 is 0 Å². The molecule has 3 N–H and O–H groups in total. The highest BCUT2D eigenvalue weighted by Gasteiger charge is 2.17. The van der Waals surface area contributed by atoms with Crippen molar-refractivity contribution in [2.75, 3.05) is 6.61 Å². The standard InChI is InChI=1S/C14H30N2O/c1-2-3-4-5-6-8-13(16-15)10-11-14-9-7-12-17-14/h13-14,16H,2-12,15H2,1H3. The Labute approximate surface area is 106 Å². The van der Waals surface area contributed by atoms with E-state index in [9.17, 15) is 0 Å². The van der Waals surface area contributed by atoms with Crippen LogP contribution in [0.25, 0.3) is 0 Å². The Kier molecular flexibility index (Phi) is 8.67. The van der Waals surface area contributed by atoms with Crippen LogP contribution in [0.3, 0.4) is 0 Å². The molecule has 0 amide bonds. The Morgan fingerprint density at radius 1 is 1.24 bits per heavy atom. The molecule has 102 valence electrons. The van der Waals surface area contributed by atoms with Gasteiger partial charge in [0, 0.05) is 12.6 Å². The third kappa shape index (κ3) is 7.02. The summed E-state index contributed by atoms with van der Waals surface area (Å²) >= 11 is 0. The molecule has 1 heterocycles. The van der Waals surface area contributed by atoms with Crippen molar-refractivity contribution in [3.05, 3.63) is 0 Å². The second kappa shape index (κ2) is 9.86. The number of nitrogens with two attached hydrogens (primary N) is 1. The van der Waals surface area contributed by atoms with Crippen molar-refractivity contribution in [1.82, 2.24) is 5.43 Å². The molecule has 0 radical (unpaired) electrons. The second-order valence-corrected chi connectivity index (χ2v) is 5.28. The predicted molar refractivity (Wildman–Crippen MR) is 72.7 cm³/mol. The summed E-state index contributed by atoms with van der Waals surface area (Å²) in [4.78, 5) is 0. The van der Waals surface area contributed by atoms with Crippen LogP contribution in [0.1, 0.15) is 71.1 Å². The molecule has 3 heteroatoms. The summed E-state index contributed by atoms with van der Waals surface area (Å²) in [5.74, 6) is 5.61. The van der Waals surface area contributed by atoms with Crippen molar-refractivity contribution in [3.8, 4) is 0 Å². The molecule has 3 nitrogen and oxygen atoms in total. The van der Waals surface area contributed by atoms with Crippen LogP contribution in [-0.2, 0) is 4.74 Å². The van der Waals surface area contributed by atoms with Crippen LogP contribution in [0.15, 0.2) is 0 Å². The number of ether oxygens (including phenoxy) is 1. The summed E-state index contributed by atoms with van der Waals surface area (Å²) in [5.41, 5.74) is 2.96. The number of unbranched alkanes of at least 4 members (excludes halogenated alkanes) is 4. The van der Waals surface area contributed by atoms with E-state index >= 15 is 0 Å². The Balaban J connectivity index is 1.98. The monoisotopic (exact) mass is 242 g/mol. The molecule has 2 unspecified atom stereocenters. The zero-order valence-corrected chi connectivity index (χ0v) is 11.4. The molecular formula is C14H30N2O. The third-order valence-corrected chi connectivity index (χ3v) is 3.75. The van der Waals surface area contributed by atoms with Gasteiger partial charge in [-0.25, -0.2) is 0 Å². The molecule has 0 aromatic rings. The summed E-state index contributed by atoms with van der Waals surface area (Å²) in [7, 11) is 0.